The zero-order valence-electron chi connectivity index (χ0n) is 8.20. The Bertz CT molecular complexity index is 404. The van der Waals surface area contributed by atoms with Gasteiger partial charge in [0.25, 0.3) is 5.69 Å². The summed E-state index contributed by atoms with van der Waals surface area (Å²) in [6.45, 7) is 1.65. The van der Waals surface area contributed by atoms with Gasteiger partial charge < -0.3 is 0 Å². The highest BCUT2D eigenvalue weighted by Crippen LogP contribution is 2.19. The van der Waals surface area contributed by atoms with Crippen LogP contribution in [0.1, 0.15) is 11.1 Å². The van der Waals surface area contributed by atoms with Crippen molar-refractivity contribution in [2.45, 2.75) is 13.3 Å². The average Bonchev–Trinajstić information content (AvgIpc) is 2.17. The summed E-state index contributed by atoms with van der Waals surface area (Å²) < 4.78 is 0. The highest BCUT2D eigenvalue weighted by atomic mass is 35.5. The summed E-state index contributed by atoms with van der Waals surface area (Å²) in [7, 11) is 0. The third kappa shape index (κ3) is 3.02. The predicted octanol–water partition coefficient (Wildman–Crippen LogP) is 2.25. The molecule has 1 rings (SSSR count). The standard InChI is InChI=1S/C10H10ClNO3/c1-7-4-8(5-9(13)6-11)2-3-10(7)12(14)15/h2-4H,5-6H2,1H3. The van der Waals surface area contributed by atoms with Crippen LogP contribution in [0.5, 0.6) is 0 Å². The van der Waals surface area contributed by atoms with Crippen LogP contribution in [0.4, 0.5) is 5.69 Å². The minimum Gasteiger partial charge on any atom is -0.298 e. The van der Waals surface area contributed by atoms with E-state index in [1.54, 1.807) is 19.1 Å². The molecule has 0 atom stereocenters. The number of hydrogen-bond donors (Lipinski definition) is 0. The molecule has 15 heavy (non-hydrogen) atoms. The van der Waals surface area contributed by atoms with Gasteiger partial charge in [-0.3, -0.25) is 14.9 Å². The molecule has 0 aliphatic heterocycles. The molecule has 1 aromatic carbocycles. The van der Waals surface area contributed by atoms with Crippen molar-refractivity contribution in [2.24, 2.45) is 0 Å². The van der Waals surface area contributed by atoms with E-state index >= 15 is 0 Å². The summed E-state index contributed by atoms with van der Waals surface area (Å²) in [5.41, 5.74) is 1.38. The SMILES string of the molecule is Cc1cc(CC(=O)CCl)ccc1[N+](=O)[O-]. The molecule has 0 aliphatic rings. The van der Waals surface area contributed by atoms with E-state index < -0.39 is 4.92 Å². The normalized spacial score (nSPS) is 10.0. The van der Waals surface area contributed by atoms with Crippen molar-refractivity contribution >= 4 is 23.1 Å². The average molecular weight is 228 g/mol. The van der Waals surface area contributed by atoms with Crippen LogP contribution >= 0.6 is 11.6 Å². The number of halogens is 1. The van der Waals surface area contributed by atoms with E-state index in [1.807, 2.05) is 0 Å². The fourth-order valence-electron chi connectivity index (χ4n) is 1.31. The van der Waals surface area contributed by atoms with Crippen LogP contribution in [-0.2, 0) is 11.2 Å². The Morgan fingerprint density at radius 1 is 1.53 bits per heavy atom. The number of carbonyl (C=O) groups is 1. The molecule has 0 N–H and O–H groups in total. The quantitative estimate of drug-likeness (QED) is 0.450. The van der Waals surface area contributed by atoms with Gasteiger partial charge >= 0.3 is 0 Å². The van der Waals surface area contributed by atoms with Gasteiger partial charge in [0, 0.05) is 18.1 Å². The molecule has 0 unspecified atom stereocenters. The summed E-state index contributed by atoms with van der Waals surface area (Å²) in [6, 6.07) is 4.63. The van der Waals surface area contributed by atoms with Gasteiger partial charge in [0.05, 0.1) is 10.8 Å². The van der Waals surface area contributed by atoms with E-state index in [2.05, 4.69) is 0 Å². The Labute approximate surface area is 92.0 Å². The lowest BCUT2D eigenvalue weighted by Gasteiger charge is -2.01. The third-order valence-electron chi connectivity index (χ3n) is 2.01. The second-order valence-electron chi connectivity index (χ2n) is 3.23. The number of benzene rings is 1. The molecule has 0 heterocycles. The number of nitro benzene ring substituents is 1. The first-order valence-electron chi connectivity index (χ1n) is 4.36. The fourth-order valence-corrected chi connectivity index (χ4v) is 1.40. The smallest absolute Gasteiger partial charge is 0.272 e. The lowest BCUT2D eigenvalue weighted by molar-refractivity contribution is -0.385. The lowest BCUT2D eigenvalue weighted by Crippen LogP contribution is -2.04. The van der Waals surface area contributed by atoms with Crippen molar-refractivity contribution in [1.29, 1.82) is 0 Å². The van der Waals surface area contributed by atoms with Crippen LogP contribution in [0.2, 0.25) is 0 Å². The second kappa shape index (κ2) is 4.89. The number of hydrogen-bond acceptors (Lipinski definition) is 3. The number of ketones is 1. The van der Waals surface area contributed by atoms with Crippen molar-refractivity contribution in [1.82, 2.24) is 0 Å². The number of nitro groups is 1. The summed E-state index contributed by atoms with van der Waals surface area (Å²) in [4.78, 5) is 21.1. The number of carbonyl (C=O) groups excluding carboxylic acids is 1. The first-order valence-corrected chi connectivity index (χ1v) is 4.89. The molecule has 0 aliphatic carbocycles. The van der Waals surface area contributed by atoms with E-state index in [4.69, 9.17) is 11.6 Å². The molecule has 1 aromatic rings. The number of aryl methyl sites for hydroxylation is 1. The molecule has 0 amide bonds. The van der Waals surface area contributed by atoms with Crippen LogP contribution in [0.15, 0.2) is 18.2 Å². The highest BCUT2D eigenvalue weighted by molar-refractivity contribution is 6.27. The van der Waals surface area contributed by atoms with Crippen molar-refractivity contribution in [3.05, 3.63) is 39.4 Å². The Morgan fingerprint density at radius 2 is 2.20 bits per heavy atom. The van der Waals surface area contributed by atoms with Gasteiger partial charge in [0.2, 0.25) is 0 Å². The Hall–Kier alpha value is -1.42. The maximum absolute atomic E-state index is 11.0. The molecule has 0 saturated heterocycles. The maximum atomic E-state index is 11.0. The monoisotopic (exact) mass is 227 g/mol. The highest BCUT2D eigenvalue weighted by Gasteiger charge is 2.11. The Kier molecular flexibility index (Phi) is 3.80. The summed E-state index contributed by atoms with van der Waals surface area (Å²) in [6.07, 6.45) is 0.225. The minimum absolute atomic E-state index is 0.0317. The van der Waals surface area contributed by atoms with Crippen LogP contribution in [0.25, 0.3) is 0 Å². The van der Waals surface area contributed by atoms with Gasteiger partial charge in [-0.05, 0) is 18.6 Å². The number of rotatable bonds is 4. The first-order chi connectivity index (χ1) is 7.04. The number of Topliss-reactive ketones (excluding diaryl/α,β-unsaturated/α-hetero) is 1. The van der Waals surface area contributed by atoms with E-state index in [0.29, 0.717) is 5.56 Å². The summed E-state index contributed by atoms with van der Waals surface area (Å²) in [5.74, 6) is -0.124. The minimum atomic E-state index is -0.442. The topological polar surface area (TPSA) is 60.2 Å². The van der Waals surface area contributed by atoms with Crippen LogP contribution in [0, 0.1) is 17.0 Å². The Morgan fingerprint density at radius 3 is 2.67 bits per heavy atom. The third-order valence-corrected chi connectivity index (χ3v) is 2.31. The van der Waals surface area contributed by atoms with Crippen molar-refractivity contribution < 1.29 is 9.72 Å². The number of alkyl halides is 1. The predicted molar refractivity (Wildman–Crippen MR) is 57.3 cm³/mol. The van der Waals surface area contributed by atoms with Crippen molar-refractivity contribution in [2.75, 3.05) is 5.88 Å². The van der Waals surface area contributed by atoms with E-state index in [-0.39, 0.29) is 23.8 Å². The zero-order chi connectivity index (χ0) is 11.4. The van der Waals surface area contributed by atoms with Gasteiger partial charge in [-0.25, -0.2) is 0 Å². The van der Waals surface area contributed by atoms with E-state index in [0.717, 1.165) is 5.56 Å². The van der Waals surface area contributed by atoms with Crippen LogP contribution in [0.3, 0.4) is 0 Å². The molecule has 0 saturated carbocycles. The van der Waals surface area contributed by atoms with E-state index in [9.17, 15) is 14.9 Å². The molecule has 0 bridgehead atoms. The Balaban J connectivity index is 2.91. The van der Waals surface area contributed by atoms with Gasteiger partial charge in [0.15, 0.2) is 5.78 Å². The molecule has 0 aromatic heterocycles. The largest absolute Gasteiger partial charge is 0.298 e. The van der Waals surface area contributed by atoms with Gasteiger partial charge in [0.1, 0.15) is 0 Å². The summed E-state index contributed by atoms with van der Waals surface area (Å²) >= 11 is 5.37. The molecule has 0 radical (unpaired) electrons. The van der Waals surface area contributed by atoms with Crippen molar-refractivity contribution in [3.8, 4) is 0 Å². The molecular weight excluding hydrogens is 218 g/mol. The van der Waals surface area contributed by atoms with Gasteiger partial charge in [-0.15, -0.1) is 11.6 Å². The zero-order valence-corrected chi connectivity index (χ0v) is 8.95. The summed E-state index contributed by atoms with van der Waals surface area (Å²) in [5, 5.41) is 10.5. The molecule has 5 heteroatoms. The molecule has 0 fully saturated rings. The molecular formula is C10H10ClNO3. The fraction of sp³-hybridized carbons (Fsp3) is 0.300. The second-order valence-corrected chi connectivity index (χ2v) is 3.49. The lowest BCUT2D eigenvalue weighted by atomic mass is 10.1. The first kappa shape index (κ1) is 11.7. The van der Waals surface area contributed by atoms with E-state index in [1.165, 1.54) is 6.07 Å². The molecule has 0 spiro atoms. The van der Waals surface area contributed by atoms with Crippen LogP contribution < -0.4 is 0 Å². The van der Waals surface area contributed by atoms with Crippen molar-refractivity contribution in [3.63, 3.8) is 0 Å². The molecule has 4 nitrogen and oxygen atoms in total. The maximum Gasteiger partial charge on any atom is 0.272 e. The number of nitrogens with zero attached hydrogens (tertiary/aromatic N) is 1. The van der Waals surface area contributed by atoms with Gasteiger partial charge in [-0.2, -0.15) is 0 Å². The van der Waals surface area contributed by atoms with Gasteiger partial charge in [-0.1, -0.05) is 6.07 Å². The van der Waals surface area contributed by atoms with Crippen LogP contribution in [-0.4, -0.2) is 16.6 Å². The molecule has 80 valence electrons.